The van der Waals surface area contributed by atoms with E-state index in [1.165, 1.54) is 276 Å². The van der Waals surface area contributed by atoms with Crippen molar-refractivity contribution in [2.75, 3.05) is 6.61 Å². The molecule has 69 heavy (non-hydrogen) atoms. The highest BCUT2D eigenvalue weighted by Crippen LogP contribution is 2.18. The Kier molecular flexibility index (Phi) is 56.7. The van der Waals surface area contributed by atoms with Gasteiger partial charge in [-0.2, -0.15) is 0 Å². The lowest BCUT2D eigenvalue weighted by Crippen LogP contribution is -2.53. The molecule has 0 heterocycles. The quantitative estimate of drug-likeness (QED) is 0.0308. The number of aliphatic hydroxyl groups excluding tert-OH is 4. The predicted octanol–water partition coefficient (Wildman–Crippen LogP) is 18.6. The van der Waals surface area contributed by atoms with E-state index in [0.29, 0.717) is 12.8 Å². The monoisotopic (exact) mass is 974 g/mol. The van der Waals surface area contributed by atoms with E-state index in [4.69, 9.17) is 0 Å². The fraction of sp³-hybridized carbons (Fsp3) is 0.921. The molecule has 0 saturated heterocycles. The van der Waals surface area contributed by atoms with E-state index in [2.05, 4.69) is 43.5 Å². The van der Waals surface area contributed by atoms with Gasteiger partial charge in [-0.3, -0.25) is 4.79 Å². The zero-order valence-corrected chi connectivity index (χ0v) is 46.6. The SMILES string of the molecule is CCCCCCCCCCCCCCCC/C=C\CCCCCCCCCCCCCCCCCCC(O)C(=O)NC(CO)C(O)C(O)CCC/C=C/CCCCCCCCCCCCCCCC. The molecule has 0 radical (unpaired) electrons. The van der Waals surface area contributed by atoms with Gasteiger partial charge in [-0.25, -0.2) is 0 Å². The van der Waals surface area contributed by atoms with Crippen molar-refractivity contribution in [1.29, 1.82) is 0 Å². The molecule has 410 valence electrons. The smallest absolute Gasteiger partial charge is 0.249 e. The van der Waals surface area contributed by atoms with E-state index < -0.39 is 36.9 Å². The third kappa shape index (κ3) is 51.5. The average Bonchev–Trinajstić information content (AvgIpc) is 3.35. The molecule has 0 rings (SSSR count). The van der Waals surface area contributed by atoms with E-state index in [-0.39, 0.29) is 0 Å². The number of aliphatic hydroxyl groups is 4. The van der Waals surface area contributed by atoms with Crippen LogP contribution in [0.25, 0.3) is 0 Å². The molecule has 0 aliphatic heterocycles. The Morgan fingerprint density at radius 3 is 0.870 bits per heavy atom. The molecule has 1 amide bonds. The van der Waals surface area contributed by atoms with Crippen LogP contribution in [0.1, 0.15) is 341 Å². The molecule has 0 aliphatic rings. The fourth-order valence-corrected chi connectivity index (χ4v) is 9.99. The molecule has 0 saturated carbocycles. The van der Waals surface area contributed by atoms with Crippen LogP contribution >= 0.6 is 0 Å². The first kappa shape index (κ1) is 67.8. The van der Waals surface area contributed by atoms with Crippen molar-refractivity contribution in [2.45, 2.75) is 366 Å². The van der Waals surface area contributed by atoms with Crippen LogP contribution in [0.3, 0.4) is 0 Å². The number of allylic oxidation sites excluding steroid dienone is 4. The Morgan fingerprint density at radius 1 is 0.348 bits per heavy atom. The van der Waals surface area contributed by atoms with Crippen LogP contribution in [0.5, 0.6) is 0 Å². The van der Waals surface area contributed by atoms with Crippen LogP contribution in [0, 0.1) is 0 Å². The largest absolute Gasteiger partial charge is 0.394 e. The van der Waals surface area contributed by atoms with E-state index >= 15 is 0 Å². The topological polar surface area (TPSA) is 110 Å². The summed E-state index contributed by atoms with van der Waals surface area (Å²) in [5, 5.41) is 44.0. The first-order valence-corrected chi connectivity index (χ1v) is 31.2. The number of hydrogen-bond acceptors (Lipinski definition) is 5. The van der Waals surface area contributed by atoms with Gasteiger partial charge in [-0.15, -0.1) is 0 Å². The molecule has 0 aliphatic carbocycles. The number of hydrogen-bond donors (Lipinski definition) is 5. The minimum Gasteiger partial charge on any atom is -0.394 e. The standard InChI is InChI=1S/C63H123NO5/c1-3-5-7-9-11-13-15-17-19-21-23-24-25-26-27-28-29-30-31-32-33-34-35-36-37-39-41-43-45-47-49-51-53-55-57-61(67)63(69)64-59(58-65)62(68)60(66)56-54-52-50-48-46-44-42-40-38-22-20-18-16-14-12-10-8-6-4-2/h28-29,48,50,59-62,65-68H,3-27,30-47,49,51-58H2,1-2H3,(H,64,69)/b29-28-,50-48+. The third-order valence-electron chi connectivity index (χ3n) is 14.9. The molecule has 0 bridgehead atoms. The van der Waals surface area contributed by atoms with Crippen LogP contribution in [-0.2, 0) is 4.79 Å². The normalized spacial score (nSPS) is 13.8. The molecule has 4 unspecified atom stereocenters. The summed E-state index contributed by atoms with van der Waals surface area (Å²) < 4.78 is 0. The Balaban J connectivity index is 3.56. The van der Waals surface area contributed by atoms with Gasteiger partial charge in [0.05, 0.1) is 18.8 Å². The van der Waals surface area contributed by atoms with Crippen LogP contribution in [0.15, 0.2) is 24.3 Å². The van der Waals surface area contributed by atoms with Crippen molar-refractivity contribution in [1.82, 2.24) is 5.32 Å². The highest BCUT2D eigenvalue weighted by Gasteiger charge is 2.28. The zero-order chi connectivity index (χ0) is 50.2. The Labute approximate surface area is 431 Å². The second-order valence-electron chi connectivity index (χ2n) is 21.7. The lowest BCUT2D eigenvalue weighted by molar-refractivity contribution is -0.132. The first-order chi connectivity index (χ1) is 34.0. The van der Waals surface area contributed by atoms with Gasteiger partial charge in [0.2, 0.25) is 5.91 Å². The van der Waals surface area contributed by atoms with Gasteiger partial charge in [-0.05, 0) is 64.2 Å². The average molecular weight is 975 g/mol. The number of amides is 1. The summed E-state index contributed by atoms with van der Waals surface area (Å²) in [5.74, 6) is -0.588. The van der Waals surface area contributed by atoms with Crippen LogP contribution in [0.4, 0.5) is 0 Å². The van der Waals surface area contributed by atoms with Crippen molar-refractivity contribution >= 4 is 5.91 Å². The van der Waals surface area contributed by atoms with Gasteiger partial charge in [0, 0.05) is 0 Å². The summed E-state index contributed by atoms with van der Waals surface area (Å²) in [6.07, 6.45) is 71.4. The molecular weight excluding hydrogens is 851 g/mol. The highest BCUT2D eigenvalue weighted by molar-refractivity contribution is 5.80. The van der Waals surface area contributed by atoms with E-state index in [0.717, 1.165) is 38.5 Å². The number of carbonyl (C=O) groups is 1. The van der Waals surface area contributed by atoms with Crippen molar-refractivity contribution < 1.29 is 25.2 Å². The molecule has 4 atom stereocenters. The summed E-state index contributed by atoms with van der Waals surface area (Å²) in [4.78, 5) is 12.6. The second kappa shape index (κ2) is 57.7. The molecule has 0 aromatic rings. The molecular formula is C63H123NO5. The van der Waals surface area contributed by atoms with E-state index in [9.17, 15) is 25.2 Å². The summed E-state index contributed by atoms with van der Waals surface area (Å²) in [5.41, 5.74) is 0. The summed E-state index contributed by atoms with van der Waals surface area (Å²) >= 11 is 0. The van der Waals surface area contributed by atoms with E-state index in [1.807, 2.05) is 0 Å². The van der Waals surface area contributed by atoms with Gasteiger partial charge in [0.15, 0.2) is 0 Å². The van der Waals surface area contributed by atoms with Crippen LogP contribution < -0.4 is 5.32 Å². The number of carbonyl (C=O) groups excluding carboxylic acids is 1. The molecule has 0 fully saturated rings. The number of nitrogens with one attached hydrogen (secondary N) is 1. The number of rotatable bonds is 58. The molecule has 0 aromatic heterocycles. The van der Waals surface area contributed by atoms with Crippen LogP contribution in [0.2, 0.25) is 0 Å². The Bertz CT molecular complexity index is 1050. The Morgan fingerprint density at radius 2 is 0.594 bits per heavy atom. The van der Waals surface area contributed by atoms with Gasteiger partial charge in [0.25, 0.3) is 0 Å². The molecule has 0 spiro atoms. The van der Waals surface area contributed by atoms with Gasteiger partial charge < -0.3 is 25.7 Å². The minimum absolute atomic E-state index is 0.366. The maximum atomic E-state index is 12.6. The van der Waals surface area contributed by atoms with Gasteiger partial charge >= 0.3 is 0 Å². The lowest BCUT2D eigenvalue weighted by atomic mass is 10.00. The molecule has 6 nitrogen and oxygen atoms in total. The maximum absolute atomic E-state index is 12.6. The number of unbranched alkanes of at least 4 members (excludes halogenated alkanes) is 45. The fourth-order valence-electron chi connectivity index (χ4n) is 9.99. The molecule has 0 aromatic carbocycles. The zero-order valence-electron chi connectivity index (χ0n) is 46.6. The maximum Gasteiger partial charge on any atom is 0.249 e. The van der Waals surface area contributed by atoms with Crippen molar-refractivity contribution in [3.8, 4) is 0 Å². The first-order valence-electron chi connectivity index (χ1n) is 31.2. The summed E-state index contributed by atoms with van der Waals surface area (Å²) in [6, 6.07) is -1.00. The summed E-state index contributed by atoms with van der Waals surface area (Å²) in [6.45, 7) is 4.08. The predicted molar refractivity (Wildman–Crippen MR) is 302 cm³/mol. The van der Waals surface area contributed by atoms with Crippen LogP contribution in [-0.4, -0.2) is 57.3 Å². The molecule has 5 N–H and O–H groups in total. The Hall–Kier alpha value is -1.21. The van der Waals surface area contributed by atoms with Crippen molar-refractivity contribution in [3.63, 3.8) is 0 Å². The third-order valence-corrected chi connectivity index (χ3v) is 14.9. The van der Waals surface area contributed by atoms with Crippen molar-refractivity contribution in [2.24, 2.45) is 0 Å². The summed E-state index contributed by atoms with van der Waals surface area (Å²) in [7, 11) is 0. The second-order valence-corrected chi connectivity index (χ2v) is 21.7. The minimum atomic E-state index is -1.28. The van der Waals surface area contributed by atoms with Crippen molar-refractivity contribution in [3.05, 3.63) is 24.3 Å². The molecule has 6 heteroatoms. The van der Waals surface area contributed by atoms with Gasteiger partial charge in [0.1, 0.15) is 12.2 Å². The lowest BCUT2D eigenvalue weighted by Gasteiger charge is -2.27. The van der Waals surface area contributed by atoms with E-state index in [1.54, 1.807) is 0 Å². The van der Waals surface area contributed by atoms with Gasteiger partial charge in [-0.1, -0.05) is 301 Å². The highest BCUT2D eigenvalue weighted by atomic mass is 16.3.